The van der Waals surface area contributed by atoms with Crippen LogP contribution in [0.3, 0.4) is 0 Å². The average Bonchev–Trinajstić information content (AvgIpc) is 2.88. The van der Waals surface area contributed by atoms with E-state index in [-0.39, 0.29) is 11.9 Å². The zero-order valence-corrected chi connectivity index (χ0v) is 12.9. The molecule has 0 unspecified atom stereocenters. The largest absolute Gasteiger partial charge is 0.465 e. The lowest BCUT2D eigenvalue weighted by Gasteiger charge is -2.40. The summed E-state index contributed by atoms with van der Waals surface area (Å²) < 4.78 is 5.15. The number of aliphatic hydroxyl groups is 2. The Morgan fingerprint density at radius 2 is 1.80 bits per heavy atom. The van der Waals surface area contributed by atoms with Crippen molar-refractivity contribution in [3.8, 4) is 0 Å². The van der Waals surface area contributed by atoms with Crippen LogP contribution in [0.25, 0.3) is 0 Å². The molecule has 0 aliphatic heterocycles. The molecular weight excluding hydrogens is 256 g/mol. The molecule has 0 radical (unpaired) electrons. The van der Waals surface area contributed by atoms with Gasteiger partial charge >= 0.3 is 5.97 Å². The van der Waals surface area contributed by atoms with Gasteiger partial charge in [0.2, 0.25) is 0 Å². The molecule has 2 N–H and O–H groups in total. The summed E-state index contributed by atoms with van der Waals surface area (Å²) >= 11 is 0. The van der Waals surface area contributed by atoms with Crippen molar-refractivity contribution in [3.63, 3.8) is 0 Å². The summed E-state index contributed by atoms with van der Waals surface area (Å²) in [7, 11) is 0. The standard InChI is InChI=1S/C16H28O4/c1-4-20-13(17)14(2)10-7-12(15(14,3)18)11-16(19)8-5-6-9-16/h12,18-19H,4-11H2,1-3H3/t12-,14-,15-/m1/s1. The Labute approximate surface area is 121 Å². The average molecular weight is 284 g/mol. The van der Waals surface area contributed by atoms with Crippen molar-refractivity contribution in [3.05, 3.63) is 0 Å². The third-order valence-corrected chi connectivity index (χ3v) is 5.79. The number of hydrogen-bond acceptors (Lipinski definition) is 4. The van der Waals surface area contributed by atoms with Gasteiger partial charge in [0.15, 0.2) is 0 Å². The third-order valence-electron chi connectivity index (χ3n) is 5.79. The summed E-state index contributed by atoms with van der Waals surface area (Å²) in [5.74, 6) is -0.356. The lowest BCUT2D eigenvalue weighted by molar-refractivity contribution is -0.172. The van der Waals surface area contributed by atoms with E-state index in [1.54, 1.807) is 20.8 Å². The SMILES string of the molecule is CCOC(=O)[C@@]1(C)CC[C@H](CC2(O)CCCC2)[C@@]1(C)O. The molecule has 0 heterocycles. The monoisotopic (exact) mass is 284 g/mol. The summed E-state index contributed by atoms with van der Waals surface area (Å²) in [5.41, 5.74) is -2.62. The van der Waals surface area contributed by atoms with Crippen molar-refractivity contribution in [2.24, 2.45) is 11.3 Å². The second-order valence-electron chi connectivity index (χ2n) is 7.07. The molecule has 116 valence electrons. The van der Waals surface area contributed by atoms with Gasteiger partial charge in [-0.25, -0.2) is 0 Å². The highest BCUT2D eigenvalue weighted by molar-refractivity contribution is 5.78. The second-order valence-corrected chi connectivity index (χ2v) is 7.07. The van der Waals surface area contributed by atoms with Gasteiger partial charge in [-0.05, 0) is 58.8 Å². The van der Waals surface area contributed by atoms with Gasteiger partial charge in [0, 0.05) is 0 Å². The number of carbonyl (C=O) groups is 1. The Morgan fingerprint density at radius 3 is 2.35 bits per heavy atom. The number of rotatable bonds is 4. The predicted molar refractivity (Wildman–Crippen MR) is 76.1 cm³/mol. The van der Waals surface area contributed by atoms with Crippen LogP contribution < -0.4 is 0 Å². The molecule has 2 fully saturated rings. The van der Waals surface area contributed by atoms with Gasteiger partial charge < -0.3 is 14.9 Å². The molecule has 2 saturated carbocycles. The van der Waals surface area contributed by atoms with E-state index in [0.29, 0.717) is 19.4 Å². The fraction of sp³-hybridized carbons (Fsp3) is 0.938. The lowest BCUT2D eigenvalue weighted by Crippen LogP contribution is -2.50. The van der Waals surface area contributed by atoms with Gasteiger partial charge in [-0.3, -0.25) is 4.79 Å². The number of ether oxygens (including phenoxy) is 1. The molecule has 0 spiro atoms. The first-order valence-electron chi connectivity index (χ1n) is 7.87. The molecule has 20 heavy (non-hydrogen) atoms. The molecule has 0 aromatic carbocycles. The van der Waals surface area contributed by atoms with Crippen LogP contribution in [0.5, 0.6) is 0 Å². The van der Waals surface area contributed by atoms with Crippen LogP contribution in [0, 0.1) is 11.3 Å². The van der Waals surface area contributed by atoms with E-state index in [2.05, 4.69) is 0 Å². The molecule has 2 rings (SSSR count). The van der Waals surface area contributed by atoms with E-state index in [4.69, 9.17) is 4.74 Å². The van der Waals surface area contributed by atoms with Crippen molar-refractivity contribution in [2.45, 2.75) is 76.9 Å². The predicted octanol–water partition coefficient (Wildman–Crippen LogP) is 2.41. The molecule has 3 atom stereocenters. The van der Waals surface area contributed by atoms with Crippen LogP contribution in [0.1, 0.15) is 65.7 Å². The lowest BCUT2D eigenvalue weighted by atomic mass is 9.71. The maximum atomic E-state index is 12.2. The van der Waals surface area contributed by atoms with Gasteiger partial charge in [0.05, 0.1) is 23.2 Å². The Kier molecular flexibility index (Phi) is 4.18. The second kappa shape index (κ2) is 5.30. The Bertz CT molecular complexity index is 371. The van der Waals surface area contributed by atoms with Crippen LogP contribution in [-0.2, 0) is 9.53 Å². The third kappa shape index (κ3) is 2.48. The number of hydrogen-bond donors (Lipinski definition) is 2. The Hall–Kier alpha value is -0.610. The van der Waals surface area contributed by atoms with E-state index in [0.717, 1.165) is 32.1 Å². The van der Waals surface area contributed by atoms with Gasteiger partial charge in [-0.15, -0.1) is 0 Å². The van der Waals surface area contributed by atoms with E-state index in [1.165, 1.54) is 0 Å². The van der Waals surface area contributed by atoms with E-state index >= 15 is 0 Å². The highest BCUT2D eigenvalue weighted by Gasteiger charge is 2.60. The molecule has 0 amide bonds. The molecule has 0 saturated heterocycles. The fourth-order valence-electron chi connectivity index (χ4n) is 4.04. The molecule has 4 nitrogen and oxygen atoms in total. The number of carbonyl (C=O) groups excluding carboxylic acids is 1. The van der Waals surface area contributed by atoms with Crippen LogP contribution in [0.4, 0.5) is 0 Å². The highest BCUT2D eigenvalue weighted by atomic mass is 16.5. The molecule has 4 heteroatoms. The molecule has 0 aromatic heterocycles. The minimum absolute atomic E-state index is 0.0417. The zero-order valence-electron chi connectivity index (χ0n) is 12.9. The zero-order chi connectivity index (χ0) is 15.0. The summed E-state index contributed by atoms with van der Waals surface area (Å²) in [4.78, 5) is 12.2. The quantitative estimate of drug-likeness (QED) is 0.778. The molecule has 0 aromatic rings. The molecular formula is C16H28O4. The smallest absolute Gasteiger partial charge is 0.314 e. The molecule has 2 aliphatic rings. The fourth-order valence-corrected chi connectivity index (χ4v) is 4.04. The maximum absolute atomic E-state index is 12.2. The minimum Gasteiger partial charge on any atom is -0.465 e. The van der Waals surface area contributed by atoms with Crippen LogP contribution in [0.2, 0.25) is 0 Å². The Morgan fingerprint density at radius 1 is 1.20 bits per heavy atom. The first kappa shape index (κ1) is 15.8. The first-order valence-corrected chi connectivity index (χ1v) is 7.87. The normalized spacial score (nSPS) is 40.0. The van der Waals surface area contributed by atoms with Crippen molar-refractivity contribution in [2.75, 3.05) is 6.61 Å². The van der Waals surface area contributed by atoms with Crippen molar-refractivity contribution in [1.29, 1.82) is 0 Å². The molecule has 0 bridgehead atoms. The van der Waals surface area contributed by atoms with Crippen molar-refractivity contribution < 1.29 is 19.7 Å². The minimum atomic E-state index is -1.11. The van der Waals surface area contributed by atoms with Gasteiger partial charge in [-0.1, -0.05) is 12.8 Å². The van der Waals surface area contributed by atoms with Crippen LogP contribution >= 0.6 is 0 Å². The maximum Gasteiger partial charge on any atom is 0.314 e. The van der Waals surface area contributed by atoms with E-state index in [1.807, 2.05) is 0 Å². The highest BCUT2D eigenvalue weighted by Crippen LogP contribution is 2.54. The van der Waals surface area contributed by atoms with Gasteiger partial charge in [-0.2, -0.15) is 0 Å². The summed E-state index contributed by atoms with van der Waals surface area (Å²) in [5, 5.41) is 21.5. The van der Waals surface area contributed by atoms with Crippen LogP contribution in [0.15, 0.2) is 0 Å². The van der Waals surface area contributed by atoms with Gasteiger partial charge in [0.25, 0.3) is 0 Å². The number of esters is 1. The summed E-state index contributed by atoms with van der Waals surface area (Å²) in [6, 6.07) is 0. The molecule has 2 aliphatic carbocycles. The summed E-state index contributed by atoms with van der Waals surface area (Å²) in [6.45, 7) is 5.65. The van der Waals surface area contributed by atoms with Gasteiger partial charge in [0.1, 0.15) is 0 Å². The van der Waals surface area contributed by atoms with E-state index < -0.39 is 16.6 Å². The summed E-state index contributed by atoms with van der Waals surface area (Å²) in [6.07, 6.45) is 5.73. The topological polar surface area (TPSA) is 66.8 Å². The Balaban J connectivity index is 2.12. The van der Waals surface area contributed by atoms with Crippen LogP contribution in [-0.4, -0.2) is 34.0 Å². The van der Waals surface area contributed by atoms with E-state index in [9.17, 15) is 15.0 Å². The van der Waals surface area contributed by atoms with Crippen molar-refractivity contribution >= 4 is 5.97 Å². The van der Waals surface area contributed by atoms with Crippen molar-refractivity contribution in [1.82, 2.24) is 0 Å². The first-order chi connectivity index (χ1) is 9.25.